The molecule has 0 aliphatic carbocycles. The van der Waals surface area contributed by atoms with Crippen LogP contribution in [-0.4, -0.2) is 111 Å². The van der Waals surface area contributed by atoms with Gasteiger partial charge in [0.05, 0.1) is 32.0 Å². The Morgan fingerprint density at radius 3 is 2.42 bits per heavy atom. The lowest BCUT2D eigenvalue weighted by molar-refractivity contribution is -0.137. The smallest absolute Gasteiger partial charge is 0.416 e. The number of amides is 1. The third-order valence-corrected chi connectivity index (χ3v) is 8.34. The summed E-state index contributed by atoms with van der Waals surface area (Å²) in [7, 11) is 3.04. The largest absolute Gasteiger partial charge is 0.494 e. The summed E-state index contributed by atoms with van der Waals surface area (Å²) >= 11 is 0. The minimum absolute atomic E-state index is 0.0175. The molecule has 0 N–H and O–H groups in total. The zero-order chi connectivity index (χ0) is 32.0. The molecule has 0 unspecified atom stereocenters. The first-order valence-electron chi connectivity index (χ1n) is 15.0. The molecule has 2 fully saturated rings. The Morgan fingerprint density at radius 2 is 1.71 bits per heavy atom. The lowest BCUT2D eigenvalue weighted by atomic mass is 9.97. The van der Waals surface area contributed by atoms with Crippen LogP contribution in [0.2, 0.25) is 0 Å². The Bertz CT molecular complexity index is 1440. The highest BCUT2D eigenvalue weighted by Crippen LogP contribution is 2.34. The first kappa shape index (κ1) is 32.8. The summed E-state index contributed by atoms with van der Waals surface area (Å²) in [5, 5.41) is 0. The maximum atomic E-state index is 14.2. The Labute approximate surface area is 260 Å². The summed E-state index contributed by atoms with van der Waals surface area (Å²) in [4.78, 5) is 24.3. The number of alkyl halides is 3. The van der Waals surface area contributed by atoms with E-state index in [1.807, 2.05) is 0 Å². The Balaban J connectivity index is 1.39. The fourth-order valence-corrected chi connectivity index (χ4v) is 6.01. The van der Waals surface area contributed by atoms with Gasteiger partial charge in [-0.3, -0.25) is 19.6 Å². The lowest BCUT2D eigenvalue weighted by Crippen LogP contribution is -2.57. The number of carbonyl (C=O) groups excluding carboxylic acids is 1. The monoisotopic (exact) mass is 630 g/mol. The number of aromatic nitrogens is 1. The molecule has 2 atom stereocenters. The van der Waals surface area contributed by atoms with Gasteiger partial charge in [-0.15, -0.1) is 0 Å². The number of carbonyl (C=O) groups is 1. The van der Waals surface area contributed by atoms with Crippen molar-refractivity contribution in [1.82, 2.24) is 19.7 Å². The van der Waals surface area contributed by atoms with Crippen LogP contribution in [-0.2, 0) is 22.1 Å². The normalized spacial score (nSPS) is 19.9. The number of ether oxygens (including phenoxy) is 3. The van der Waals surface area contributed by atoms with Crippen LogP contribution in [0.3, 0.4) is 0 Å². The molecule has 12 heteroatoms. The highest BCUT2D eigenvalue weighted by atomic mass is 19.4. The highest BCUT2D eigenvalue weighted by Gasteiger charge is 2.35. The van der Waals surface area contributed by atoms with Crippen molar-refractivity contribution < 1.29 is 36.6 Å². The van der Waals surface area contributed by atoms with Crippen LogP contribution < -0.4 is 4.74 Å². The standard InChI is InChI=1S/C33H38F4N4O4/c1-43-22-29-21-40(13-14-45-29)10-9-39-11-12-41(28(20-39)15-23-3-4-30(34)31(16-23)44-2)32(42)26-17-25(24-5-7-38-8-6-24)18-27(19-26)33(35,36)37/h3-8,16-19,28-29H,9-15,20-22H2,1-2H3/t28-,29+/m1/s1. The van der Waals surface area contributed by atoms with Crippen LogP contribution in [0.5, 0.6) is 5.75 Å². The number of benzene rings is 2. The molecule has 1 amide bonds. The van der Waals surface area contributed by atoms with Crippen LogP contribution in [0.15, 0.2) is 60.9 Å². The Morgan fingerprint density at radius 1 is 0.956 bits per heavy atom. The van der Waals surface area contributed by atoms with Crippen molar-refractivity contribution in [3.63, 3.8) is 0 Å². The molecule has 2 aliphatic rings. The average Bonchev–Trinajstić information content (AvgIpc) is 3.04. The summed E-state index contributed by atoms with van der Waals surface area (Å²) in [6.45, 7) is 5.69. The first-order chi connectivity index (χ1) is 21.6. The zero-order valence-corrected chi connectivity index (χ0v) is 25.4. The van der Waals surface area contributed by atoms with Crippen LogP contribution in [0.1, 0.15) is 21.5 Å². The summed E-state index contributed by atoms with van der Waals surface area (Å²) < 4.78 is 72.3. The van der Waals surface area contributed by atoms with Crippen molar-refractivity contribution in [1.29, 1.82) is 0 Å². The van der Waals surface area contributed by atoms with E-state index < -0.39 is 23.5 Å². The van der Waals surface area contributed by atoms with Crippen LogP contribution in [0.4, 0.5) is 17.6 Å². The van der Waals surface area contributed by atoms with E-state index in [9.17, 15) is 22.4 Å². The maximum Gasteiger partial charge on any atom is 0.416 e. The van der Waals surface area contributed by atoms with Gasteiger partial charge in [0.2, 0.25) is 0 Å². The third kappa shape index (κ3) is 8.37. The van der Waals surface area contributed by atoms with E-state index in [-0.39, 0.29) is 29.0 Å². The summed E-state index contributed by atoms with van der Waals surface area (Å²) in [5.74, 6) is -0.883. The number of hydrogen-bond acceptors (Lipinski definition) is 7. The third-order valence-electron chi connectivity index (χ3n) is 8.34. The van der Waals surface area contributed by atoms with Crippen molar-refractivity contribution in [3.8, 4) is 16.9 Å². The molecule has 3 aromatic rings. The molecule has 8 nitrogen and oxygen atoms in total. The minimum atomic E-state index is -4.64. The van der Waals surface area contributed by atoms with Gasteiger partial charge in [0, 0.05) is 76.9 Å². The van der Waals surface area contributed by atoms with E-state index in [1.54, 1.807) is 36.3 Å². The molecule has 1 aromatic heterocycles. The van der Waals surface area contributed by atoms with Gasteiger partial charge in [0.1, 0.15) is 0 Å². The predicted octanol–water partition coefficient (Wildman–Crippen LogP) is 4.63. The van der Waals surface area contributed by atoms with Crippen LogP contribution >= 0.6 is 0 Å². The fraction of sp³-hybridized carbons (Fsp3) is 0.455. The van der Waals surface area contributed by atoms with E-state index in [0.717, 1.165) is 43.9 Å². The number of nitrogens with zero attached hydrogens (tertiary/aromatic N) is 4. The molecule has 3 heterocycles. The van der Waals surface area contributed by atoms with Crippen LogP contribution in [0, 0.1) is 5.82 Å². The molecular formula is C33H38F4N4O4. The zero-order valence-electron chi connectivity index (χ0n) is 25.4. The average molecular weight is 631 g/mol. The van der Waals surface area contributed by atoms with Crippen molar-refractivity contribution in [3.05, 3.63) is 83.4 Å². The second-order valence-corrected chi connectivity index (χ2v) is 11.4. The molecule has 5 rings (SSSR count). The van der Waals surface area contributed by atoms with Crippen LogP contribution in [0.25, 0.3) is 11.1 Å². The molecule has 0 radical (unpaired) electrons. The van der Waals surface area contributed by atoms with E-state index >= 15 is 0 Å². The number of morpholine rings is 1. The van der Waals surface area contributed by atoms with Gasteiger partial charge in [0.25, 0.3) is 5.91 Å². The van der Waals surface area contributed by atoms with E-state index in [1.165, 1.54) is 31.6 Å². The Kier molecular flexibility index (Phi) is 10.7. The first-order valence-corrected chi connectivity index (χ1v) is 15.0. The topological polar surface area (TPSA) is 67.4 Å². The predicted molar refractivity (Wildman–Crippen MR) is 161 cm³/mol. The van der Waals surface area contributed by atoms with E-state index in [0.29, 0.717) is 44.8 Å². The van der Waals surface area contributed by atoms with Crippen molar-refractivity contribution in [2.75, 3.05) is 73.2 Å². The summed E-state index contributed by atoms with van der Waals surface area (Å²) in [6, 6.07) is 10.9. The van der Waals surface area contributed by atoms with Gasteiger partial charge in [0.15, 0.2) is 11.6 Å². The van der Waals surface area contributed by atoms with Crippen molar-refractivity contribution in [2.24, 2.45) is 0 Å². The summed E-state index contributed by atoms with van der Waals surface area (Å²) in [5.41, 5.74) is 0.641. The van der Waals surface area contributed by atoms with Gasteiger partial charge in [-0.25, -0.2) is 4.39 Å². The quantitative estimate of drug-likeness (QED) is 0.303. The highest BCUT2D eigenvalue weighted by molar-refractivity contribution is 5.96. The van der Waals surface area contributed by atoms with Gasteiger partial charge < -0.3 is 19.1 Å². The molecule has 242 valence electrons. The number of rotatable bonds is 10. The Hall–Kier alpha value is -3.58. The number of piperazine rings is 1. The number of methoxy groups -OCH3 is 2. The number of pyridine rings is 1. The van der Waals surface area contributed by atoms with Gasteiger partial charge in [-0.1, -0.05) is 6.07 Å². The number of halogens is 4. The summed E-state index contributed by atoms with van der Waals surface area (Å²) in [6.07, 6.45) is -1.25. The second kappa shape index (κ2) is 14.7. The van der Waals surface area contributed by atoms with Crippen molar-refractivity contribution in [2.45, 2.75) is 24.7 Å². The SMILES string of the molecule is COC[C@@H]1CN(CCN2CCN(C(=O)c3cc(-c4ccncc4)cc(C(F)(F)F)c3)[C@H](Cc3ccc(F)c(OC)c3)C2)CCO1. The van der Waals surface area contributed by atoms with Crippen molar-refractivity contribution >= 4 is 5.91 Å². The molecule has 2 saturated heterocycles. The maximum absolute atomic E-state index is 14.2. The fourth-order valence-electron chi connectivity index (χ4n) is 6.01. The van der Waals surface area contributed by atoms with Gasteiger partial charge in [-0.05, 0) is 65.6 Å². The van der Waals surface area contributed by atoms with Gasteiger partial charge >= 0.3 is 6.18 Å². The molecule has 0 bridgehead atoms. The second-order valence-electron chi connectivity index (χ2n) is 11.4. The van der Waals surface area contributed by atoms with Gasteiger partial charge in [-0.2, -0.15) is 13.2 Å². The van der Waals surface area contributed by atoms with E-state index in [2.05, 4.69) is 14.8 Å². The molecule has 0 saturated carbocycles. The molecule has 45 heavy (non-hydrogen) atoms. The molecular weight excluding hydrogens is 592 g/mol. The molecule has 2 aromatic carbocycles. The molecule has 2 aliphatic heterocycles. The lowest BCUT2D eigenvalue weighted by Gasteiger charge is -2.43. The number of hydrogen-bond donors (Lipinski definition) is 0. The van der Waals surface area contributed by atoms with E-state index in [4.69, 9.17) is 14.2 Å². The minimum Gasteiger partial charge on any atom is -0.494 e. The molecule has 0 spiro atoms.